The maximum Gasteiger partial charge on any atom is 0.425 e. The van der Waals surface area contributed by atoms with Crippen LogP contribution in [0.15, 0.2) is 12.4 Å². The zero-order valence-electron chi connectivity index (χ0n) is 12.2. The van der Waals surface area contributed by atoms with Crippen molar-refractivity contribution in [3.05, 3.63) is 17.3 Å². The summed E-state index contributed by atoms with van der Waals surface area (Å²) in [5.41, 5.74) is 0.883. The number of likely N-dealkylation sites (N-methyl/N-ethyl adjacent to an activating group) is 1. The molecule has 0 bridgehead atoms. The van der Waals surface area contributed by atoms with Gasteiger partial charge in [0.2, 0.25) is 5.65 Å². The van der Waals surface area contributed by atoms with E-state index in [-0.39, 0.29) is 0 Å². The molecule has 10 heteroatoms. The van der Waals surface area contributed by atoms with Crippen molar-refractivity contribution in [1.29, 1.82) is 0 Å². The lowest BCUT2D eigenvalue weighted by Gasteiger charge is -2.33. The molecule has 1 fully saturated rings. The largest absolute Gasteiger partial charge is 0.425 e. The van der Waals surface area contributed by atoms with Gasteiger partial charge in [0.1, 0.15) is 16.0 Å². The fraction of sp³-hybridized carbons (Fsp3) is 0.462. The summed E-state index contributed by atoms with van der Waals surface area (Å²) < 4.78 is 40.5. The number of halogens is 3. The Kier molecular flexibility index (Phi) is 3.20. The number of rotatable bonds is 1. The molecule has 3 aromatic heterocycles. The molecule has 122 valence electrons. The van der Waals surface area contributed by atoms with Crippen LogP contribution in [0.4, 0.5) is 19.0 Å². The number of nitrogens with zero attached hydrogens (tertiary/aromatic N) is 6. The molecule has 0 spiro atoms. The first-order valence-electron chi connectivity index (χ1n) is 7.07. The lowest BCUT2D eigenvalue weighted by molar-refractivity contribution is -0.134. The van der Waals surface area contributed by atoms with Crippen LogP contribution < -0.4 is 4.90 Å². The third kappa shape index (κ3) is 2.41. The summed E-state index contributed by atoms with van der Waals surface area (Å²) in [5, 5.41) is 7.91. The fourth-order valence-electron chi connectivity index (χ4n) is 2.70. The van der Waals surface area contributed by atoms with E-state index in [1.165, 1.54) is 6.33 Å². The smallest absolute Gasteiger partial charge is 0.351 e. The number of aromatic nitrogens is 4. The highest BCUT2D eigenvalue weighted by atomic mass is 32.1. The first-order valence-corrected chi connectivity index (χ1v) is 7.89. The van der Waals surface area contributed by atoms with Crippen LogP contribution in [0, 0.1) is 0 Å². The molecule has 0 N–H and O–H groups in total. The fourth-order valence-corrected chi connectivity index (χ4v) is 3.59. The van der Waals surface area contributed by atoms with Crippen LogP contribution in [0.1, 0.15) is 4.88 Å². The van der Waals surface area contributed by atoms with Crippen molar-refractivity contribution in [2.45, 2.75) is 6.18 Å². The van der Waals surface area contributed by atoms with E-state index in [4.69, 9.17) is 0 Å². The van der Waals surface area contributed by atoms with Gasteiger partial charge in [-0.25, -0.2) is 4.98 Å². The maximum absolute atomic E-state index is 13.0. The first kappa shape index (κ1) is 14.6. The molecule has 4 rings (SSSR count). The Hall–Kier alpha value is -1.94. The Bertz CT molecular complexity index is 862. The summed E-state index contributed by atoms with van der Waals surface area (Å²) in [6, 6.07) is 1.11. The van der Waals surface area contributed by atoms with E-state index in [0.29, 0.717) is 33.1 Å². The molecule has 6 nitrogen and oxygen atoms in total. The minimum absolute atomic E-state index is 0.346. The van der Waals surface area contributed by atoms with Gasteiger partial charge in [-0.05, 0) is 13.1 Å². The highest BCUT2D eigenvalue weighted by Gasteiger charge is 2.34. The topological polar surface area (TPSA) is 49.6 Å². The van der Waals surface area contributed by atoms with E-state index in [1.54, 1.807) is 4.40 Å². The standard InChI is InChI=1S/C13H13F3N6S/c1-20-2-4-21(5-3-20)10-11-19-17-7-22(11)8-6-9(13(14,15)16)23-12(8)18-10/h6-7H,2-5H2,1H3. The highest BCUT2D eigenvalue weighted by molar-refractivity contribution is 7.18. The predicted octanol–water partition coefficient (Wildman–Crippen LogP) is 2.11. The van der Waals surface area contributed by atoms with Crippen molar-refractivity contribution in [1.82, 2.24) is 24.5 Å². The zero-order chi connectivity index (χ0) is 16.2. The number of hydrogen-bond donors (Lipinski definition) is 0. The minimum atomic E-state index is -4.38. The zero-order valence-corrected chi connectivity index (χ0v) is 13.0. The van der Waals surface area contributed by atoms with Gasteiger partial charge in [0, 0.05) is 26.2 Å². The number of piperazine rings is 1. The Morgan fingerprint density at radius 3 is 2.61 bits per heavy atom. The average Bonchev–Trinajstić information content (AvgIpc) is 3.12. The molecular formula is C13H13F3N6S. The Morgan fingerprint density at radius 1 is 1.17 bits per heavy atom. The van der Waals surface area contributed by atoms with Crippen LogP contribution >= 0.6 is 11.3 Å². The van der Waals surface area contributed by atoms with E-state index in [9.17, 15) is 13.2 Å². The molecule has 4 heterocycles. The van der Waals surface area contributed by atoms with Gasteiger partial charge in [-0.3, -0.25) is 4.40 Å². The number of alkyl halides is 3. The van der Waals surface area contributed by atoms with Crippen LogP contribution in [0.2, 0.25) is 0 Å². The van der Waals surface area contributed by atoms with Gasteiger partial charge < -0.3 is 9.80 Å². The monoisotopic (exact) mass is 342 g/mol. The highest BCUT2D eigenvalue weighted by Crippen LogP contribution is 2.38. The lowest BCUT2D eigenvalue weighted by Crippen LogP contribution is -2.45. The molecular weight excluding hydrogens is 329 g/mol. The summed E-state index contributed by atoms with van der Waals surface area (Å²) in [7, 11) is 2.04. The van der Waals surface area contributed by atoms with Crippen LogP contribution in [0.25, 0.3) is 16.0 Å². The summed E-state index contributed by atoms with van der Waals surface area (Å²) in [6.07, 6.45) is -2.94. The van der Waals surface area contributed by atoms with Gasteiger partial charge >= 0.3 is 6.18 Å². The molecule has 0 saturated carbocycles. The Balaban J connectivity index is 1.88. The van der Waals surface area contributed by atoms with Gasteiger partial charge in [0.25, 0.3) is 0 Å². The number of hydrogen-bond acceptors (Lipinski definition) is 6. The molecule has 1 aliphatic rings. The molecule has 0 atom stereocenters. The predicted molar refractivity (Wildman–Crippen MR) is 80.9 cm³/mol. The van der Waals surface area contributed by atoms with Crippen molar-refractivity contribution < 1.29 is 13.2 Å². The third-order valence-electron chi connectivity index (χ3n) is 3.99. The quantitative estimate of drug-likeness (QED) is 0.678. The van der Waals surface area contributed by atoms with Crippen LogP contribution in [0.3, 0.4) is 0 Å². The minimum Gasteiger partial charge on any atom is -0.351 e. The molecule has 0 radical (unpaired) electrons. The Morgan fingerprint density at radius 2 is 1.91 bits per heavy atom. The van der Waals surface area contributed by atoms with Gasteiger partial charge in [-0.15, -0.1) is 21.5 Å². The second-order valence-electron chi connectivity index (χ2n) is 5.55. The van der Waals surface area contributed by atoms with E-state index in [1.807, 2.05) is 7.05 Å². The van der Waals surface area contributed by atoms with E-state index >= 15 is 0 Å². The lowest BCUT2D eigenvalue weighted by atomic mass is 10.3. The molecule has 0 amide bonds. The molecule has 1 aliphatic heterocycles. The third-order valence-corrected chi connectivity index (χ3v) is 5.05. The van der Waals surface area contributed by atoms with Crippen molar-refractivity contribution in [3.63, 3.8) is 0 Å². The van der Waals surface area contributed by atoms with Crippen LogP contribution in [-0.2, 0) is 6.18 Å². The van der Waals surface area contributed by atoms with Crippen molar-refractivity contribution in [2.24, 2.45) is 0 Å². The second kappa shape index (κ2) is 5.03. The molecule has 23 heavy (non-hydrogen) atoms. The van der Waals surface area contributed by atoms with Gasteiger partial charge in [0.05, 0.1) is 5.52 Å². The summed E-state index contributed by atoms with van der Waals surface area (Å²) in [4.78, 5) is 8.39. The van der Waals surface area contributed by atoms with Crippen molar-refractivity contribution in [2.75, 3.05) is 38.1 Å². The normalized spacial score (nSPS) is 17.5. The van der Waals surface area contributed by atoms with E-state index < -0.39 is 11.1 Å². The van der Waals surface area contributed by atoms with Gasteiger partial charge in [-0.2, -0.15) is 13.2 Å². The SMILES string of the molecule is CN1CCN(c2nc3sc(C(F)(F)F)cc3n3cnnc23)CC1. The van der Waals surface area contributed by atoms with Crippen LogP contribution in [-0.4, -0.2) is 57.7 Å². The summed E-state index contributed by atoms with van der Waals surface area (Å²) >= 11 is 0.652. The molecule has 3 aromatic rings. The maximum atomic E-state index is 13.0. The van der Waals surface area contributed by atoms with E-state index in [2.05, 4.69) is 25.0 Å². The summed E-state index contributed by atoms with van der Waals surface area (Å²) in [5.74, 6) is 0.596. The van der Waals surface area contributed by atoms with Crippen molar-refractivity contribution in [3.8, 4) is 0 Å². The molecule has 1 saturated heterocycles. The van der Waals surface area contributed by atoms with Crippen molar-refractivity contribution >= 4 is 33.1 Å². The van der Waals surface area contributed by atoms with Gasteiger partial charge in [0.15, 0.2) is 5.82 Å². The first-order chi connectivity index (χ1) is 10.9. The van der Waals surface area contributed by atoms with Gasteiger partial charge in [-0.1, -0.05) is 0 Å². The number of thiophene rings is 1. The average molecular weight is 342 g/mol. The molecule has 0 unspecified atom stereocenters. The summed E-state index contributed by atoms with van der Waals surface area (Å²) in [6.45, 7) is 3.26. The van der Waals surface area contributed by atoms with Crippen LogP contribution in [0.5, 0.6) is 0 Å². The Labute approximate surface area is 133 Å². The molecule has 0 aliphatic carbocycles. The second-order valence-corrected chi connectivity index (χ2v) is 6.58. The number of fused-ring (bicyclic) bond motifs is 3. The van der Waals surface area contributed by atoms with E-state index in [0.717, 1.165) is 32.2 Å². The number of anilines is 1. The molecule has 0 aromatic carbocycles.